The van der Waals surface area contributed by atoms with Gasteiger partial charge >= 0.3 is 6.41 Å². The number of amides is 1. The maximum Gasteiger partial charge on any atom is 0.309 e. The summed E-state index contributed by atoms with van der Waals surface area (Å²) in [5.41, 5.74) is 0.843. The summed E-state index contributed by atoms with van der Waals surface area (Å²) in [6.07, 6.45) is 1.57. The van der Waals surface area contributed by atoms with Gasteiger partial charge in [-0.2, -0.15) is 0 Å². The van der Waals surface area contributed by atoms with E-state index in [9.17, 15) is 14.9 Å². The van der Waals surface area contributed by atoms with Crippen molar-refractivity contribution in [2.75, 3.05) is 0 Å². The molecule has 1 aromatic rings. The molecule has 0 aromatic heterocycles. The third kappa shape index (κ3) is 2.29. The van der Waals surface area contributed by atoms with Crippen LogP contribution in [0.4, 0.5) is 5.69 Å². The molecule has 0 unspecified atom stereocenters. The number of hydrogen-bond acceptors (Lipinski definition) is 3. The van der Waals surface area contributed by atoms with Crippen LogP contribution in [0.1, 0.15) is 18.5 Å². The quantitative estimate of drug-likeness (QED) is 0.445. The molecule has 0 saturated carbocycles. The van der Waals surface area contributed by atoms with E-state index < -0.39 is 4.92 Å². The Morgan fingerprint density at radius 3 is 2.43 bits per heavy atom. The number of carbonyl (C=O) groups excluding carboxylic acids is 1. The number of nitrogens with zero attached hydrogens (tertiary/aromatic N) is 1. The molecule has 1 amide bonds. The fraction of sp³-hybridized carbons (Fsp3) is 0.222. The van der Waals surface area contributed by atoms with Crippen LogP contribution in [0.15, 0.2) is 24.3 Å². The van der Waals surface area contributed by atoms with Gasteiger partial charge in [-0.1, -0.05) is 12.1 Å². The first-order valence-electron chi connectivity index (χ1n) is 4.02. The molecule has 14 heavy (non-hydrogen) atoms. The zero-order chi connectivity index (χ0) is 10.6. The molecule has 0 bridgehead atoms. The van der Waals surface area contributed by atoms with Gasteiger partial charge in [-0.25, -0.2) is 0 Å². The van der Waals surface area contributed by atoms with Crippen molar-refractivity contribution < 1.29 is 9.72 Å². The minimum atomic E-state index is -0.465. The Hall–Kier alpha value is -1.91. The fourth-order valence-electron chi connectivity index (χ4n) is 1.06. The largest absolute Gasteiger partial charge is 0.341 e. The molecule has 1 N–H and O–H groups in total. The Morgan fingerprint density at radius 2 is 2.00 bits per heavy atom. The highest BCUT2D eigenvalue weighted by molar-refractivity contribution is 5.49. The molecule has 5 nitrogen and oxygen atoms in total. The van der Waals surface area contributed by atoms with E-state index in [-0.39, 0.29) is 11.7 Å². The summed E-state index contributed by atoms with van der Waals surface area (Å²) in [4.78, 5) is 19.9. The molecule has 1 radical (unpaired) electrons. The minimum absolute atomic E-state index is 0.0380. The molecule has 0 aliphatic heterocycles. The highest BCUT2D eigenvalue weighted by Crippen LogP contribution is 2.16. The third-order valence-electron chi connectivity index (χ3n) is 1.88. The summed E-state index contributed by atoms with van der Waals surface area (Å²) in [6.45, 7) is 1.77. The number of nitro groups is 1. The Morgan fingerprint density at radius 1 is 1.43 bits per heavy atom. The summed E-state index contributed by atoms with van der Waals surface area (Å²) in [6, 6.07) is 5.82. The van der Waals surface area contributed by atoms with Gasteiger partial charge in [0.15, 0.2) is 0 Å². The van der Waals surface area contributed by atoms with Gasteiger partial charge in [0.2, 0.25) is 0 Å². The number of non-ortho nitro benzene ring substituents is 1. The maximum absolute atomic E-state index is 10.3. The zero-order valence-corrected chi connectivity index (χ0v) is 7.56. The van der Waals surface area contributed by atoms with Gasteiger partial charge in [0, 0.05) is 12.1 Å². The molecule has 0 fully saturated rings. The Bertz CT molecular complexity index is 334. The molecule has 0 spiro atoms. The van der Waals surface area contributed by atoms with Crippen LogP contribution < -0.4 is 5.32 Å². The van der Waals surface area contributed by atoms with E-state index in [2.05, 4.69) is 5.32 Å². The average molecular weight is 193 g/mol. The third-order valence-corrected chi connectivity index (χ3v) is 1.88. The van der Waals surface area contributed by atoms with Crippen LogP contribution >= 0.6 is 0 Å². The molecule has 73 valence electrons. The van der Waals surface area contributed by atoms with Crippen LogP contribution in [0.25, 0.3) is 0 Å². The van der Waals surface area contributed by atoms with Crippen molar-refractivity contribution in [2.24, 2.45) is 0 Å². The van der Waals surface area contributed by atoms with Crippen LogP contribution in [-0.4, -0.2) is 11.3 Å². The van der Waals surface area contributed by atoms with Gasteiger partial charge in [-0.15, -0.1) is 0 Å². The van der Waals surface area contributed by atoms with E-state index in [0.717, 1.165) is 5.56 Å². The highest BCUT2D eigenvalue weighted by Gasteiger charge is 2.07. The second kappa shape index (κ2) is 4.36. The number of rotatable bonds is 4. The molecule has 1 atom stereocenters. The SMILES string of the molecule is C[C@@H](N[C]=O)c1ccc([N+](=O)[O-])cc1. The molecule has 1 aromatic carbocycles. The monoisotopic (exact) mass is 193 g/mol. The van der Waals surface area contributed by atoms with Crippen molar-refractivity contribution in [1.82, 2.24) is 5.32 Å². The van der Waals surface area contributed by atoms with Crippen molar-refractivity contribution >= 4 is 12.1 Å². The standard InChI is InChI=1S/C9H9N2O3/c1-7(10-6-12)8-2-4-9(5-3-8)11(13)14/h2-5,7H,1H3,(H,10,12)/t7-/m1/s1. The predicted octanol–water partition coefficient (Wildman–Crippen LogP) is 1.31. The van der Waals surface area contributed by atoms with Crippen molar-refractivity contribution in [3.05, 3.63) is 39.9 Å². The summed E-state index contributed by atoms with van der Waals surface area (Å²) < 4.78 is 0. The summed E-state index contributed by atoms with van der Waals surface area (Å²) in [5, 5.41) is 12.8. The summed E-state index contributed by atoms with van der Waals surface area (Å²) in [5.74, 6) is 0. The van der Waals surface area contributed by atoms with Gasteiger partial charge in [-0.3, -0.25) is 14.9 Å². The second-order valence-electron chi connectivity index (χ2n) is 2.82. The molecule has 0 aliphatic carbocycles. The first-order chi connectivity index (χ1) is 6.65. The van der Waals surface area contributed by atoms with Crippen molar-refractivity contribution in [1.29, 1.82) is 0 Å². The fourth-order valence-corrected chi connectivity index (χ4v) is 1.06. The molecular weight excluding hydrogens is 184 g/mol. The minimum Gasteiger partial charge on any atom is -0.341 e. The number of nitrogens with one attached hydrogen (secondary N) is 1. The lowest BCUT2D eigenvalue weighted by molar-refractivity contribution is -0.384. The summed E-state index contributed by atoms with van der Waals surface area (Å²) >= 11 is 0. The number of benzene rings is 1. The molecule has 0 heterocycles. The Balaban J connectivity index is 2.82. The van der Waals surface area contributed by atoms with E-state index >= 15 is 0 Å². The van der Waals surface area contributed by atoms with E-state index in [0.29, 0.717) is 0 Å². The van der Waals surface area contributed by atoms with Gasteiger partial charge in [0.25, 0.3) is 5.69 Å². The number of hydrogen-bond donors (Lipinski definition) is 1. The van der Waals surface area contributed by atoms with Crippen LogP contribution in [0.3, 0.4) is 0 Å². The molecule has 0 saturated heterocycles. The molecule has 0 aliphatic rings. The van der Waals surface area contributed by atoms with Crippen molar-refractivity contribution in [2.45, 2.75) is 13.0 Å². The average Bonchev–Trinajstić information content (AvgIpc) is 2.18. The van der Waals surface area contributed by atoms with Gasteiger partial charge in [-0.05, 0) is 12.5 Å². The maximum atomic E-state index is 10.3. The van der Waals surface area contributed by atoms with Gasteiger partial charge < -0.3 is 5.32 Å². The zero-order valence-electron chi connectivity index (χ0n) is 7.56. The summed E-state index contributed by atoms with van der Waals surface area (Å²) in [7, 11) is 0. The Labute approximate surface area is 80.9 Å². The lowest BCUT2D eigenvalue weighted by Crippen LogP contribution is -2.15. The number of nitro benzene ring substituents is 1. The van der Waals surface area contributed by atoms with Crippen molar-refractivity contribution in [3.8, 4) is 0 Å². The molecule has 5 heteroatoms. The van der Waals surface area contributed by atoms with Crippen LogP contribution in [-0.2, 0) is 4.79 Å². The van der Waals surface area contributed by atoms with E-state index in [1.807, 2.05) is 0 Å². The first-order valence-corrected chi connectivity index (χ1v) is 4.02. The van der Waals surface area contributed by atoms with Crippen LogP contribution in [0.2, 0.25) is 0 Å². The highest BCUT2D eigenvalue weighted by atomic mass is 16.6. The van der Waals surface area contributed by atoms with Crippen LogP contribution in [0.5, 0.6) is 0 Å². The smallest absolute Gasteiger partial charge is 0.309 e. The topological polar surface area (TPSA) is 72.2 Å². The molecule has 1 rings (SSSR count). The second-order valence-corrected chi connectivity index (χ2v) is 2.82. The Kier molecular flexibility index (Phi) is 3.17. The van der Waals surface area contributed by atoms with E-state index in [4.69, 9.17) is 0 Å². The van der Waals surface area contributed by atoms with Crippen molar-refractivity contribution in [3.63, 3.8) is 0 Å². The normalized spacial score (nSPS) is 11.8. The van der Waals surface area contributed by atoms with E-state index in [1.165, 1.54) is 12.1 Å². The van der Waals surface area contributed by atoms with Gasteiger partial charge in [0.05, 0.1) is 11.0 Å². The lowest BCUT2D eigenvalue weighted by atomic mass is 10.1. The first kappa shape index (κ1) is 10.2. The van der Waals surface area contributed by atoms with Gasteiger partial charge in [0.1, 0.15) is 0 Å². The predicted molar refractivity (Wildman–Crippen MR) is 50.3 cm³/mol. The molecular formula is C9H9N2O3. The van der Waals surface area contributed by atoms with Crippen LogP contribution in [0, 0.1) is 10.1 Å². The lowest BCUT2D eigenvalue weighted by Gasteiger charge is -2.08. The van der Waals surface area contributed by atoms with E-state index in [1.54, 1.807) is 25.5 Å².